The van der Waals surface area contributed by atoms with Crippen LogP contribution < -0.4 is 0 Å². The van der Waals surface area contributed by atoms with Gasteiger partial charge >= 0.3 is 21.7 Å². The number of carbonyl (C=O) groups excluding carboxylic acids is 1. The summed E-state index contributed by atoms with van der Waals surface area (Å²) in [5.41, 5.74) is -6.62. The van der Waals surface area contributed by atoms with Gasteiger partial charge in [0, 0.05) is 0 Å². The lowest BCUT2D eigenvalue weighted by Crippen LogP contribution is -2.43. The van der Waals surface area contributed by atoms with E-state index < -0.39 is 39.1 Å². The Hall–Kier alpha value is -1.45. The minimum Gasteiger partial charge on any atom is -0.444 e. The van der Waals surface area contributed by atoms with Crippen LogP contribution in [0.3, 0.4) is 0 Å². The van der Waals surface area contributed by atoms with E-state index in [4.69, 9.17) is 4.74 Å². The number of hydrogen-bond acceptors (Lipinski definition) is 5. The van der Waals surface area contributed by atoms with Crippen molar-refractivity contribution in [1.82, 2.24) is 4.90 Å². The van der Waals surface area contributed by atoms with E-state index in [2.05, 4.69) is 4.18 Å². The molecule has 2 rings (SSSR count). The third kappa shape index (κ3) is 5.28. The number of rotatable bonds is 3. The fourth-order valence-electron chi connectivity index (χ4n) is 2.40. The molecular formula is C16H26F3NO5S. The van der Waals surface area contributed by atoms with Crippen LogP contribution in [0.5, 0.6) is 0 Å². The normalized spacial score (nSPS) is 22.1. The lowest BCUT2D eigenvalue weighted by atomic mass is 9.99. The van der Waals surface area contributed by atoms with Gasteiger partial charge in [0.1, 0.15) is 11.4 Å². The fraction of sp³-hybridized carbons (Fsp3) is 0.812. The van der Waals surface area contributed by atoms with E-state index in [-0.39, 0.29) is 12.0 Å². The zero-order valence-electron chi connectivity index (χ0n) is 15.8. The van der Waals surface area contributed by atoms with Crippen LogP contribution in [0.1, 0.15) is 54.4 Å². The third-order valence-electron chi connectivity index (χ3n) is 3.89. The lowest BCUT2D eigenvalue weighted by molar-refractivity contribution is -0.0523. The quantitative estimate of drug-likeness (QED) is 0.524. The molecule has 0 aromatic heterocycles. The molecule has 0 radical (unpaired) electrons. The molecule has 0 spiro atoms. The summed E-state index contributed by atoms with van der Waals surface area (Å²) in [5, 5.41) is 0. The van der Waals surface area contributed by atoms with E-state index in [1.165, 1.54) is 11.0 Å². The smallest absolute Gasteiger partial charge is 0.444 e. The fourth-order valence-corrected chi connectivity index (χ4v) is 2.88. The van der Waals surface area contributed by atoms with Crippen LogP contribution in [-0.2, 0) is 19.0 Å². The molecule has 1 aliphatic carbocycles. The van der Waals surface area contributed by atoms with Gasteiger partial charge in [0.15, 0.2) is 0 Å². The van der Waals surface area contributed by atoms with Crippen LogP contribution in [0.25, 0.3) is 0 Å². The molecule has 26 heavy (non-hydrogen) atoms. The van der Waals surface area contributed by atoms with Gasteiger partial charge in [0.2, 0.25) is 0 Å². The zero-order valence-corrected chi connectivity index (χ0v) is 16.6. The Morgan fingerprint density at radius 2 is 1.73 bits per heavy atom. The summed E-state index contributed by atoms with van der Waals surface area (Å²) in [6, 6.07) is -0.564. The number of amides is 1. The van der Waals surface area contributed by atoms with Crippen molar-refractivity contribution in [3.8, 4) is 0 Å². The number of ether oxygens (including phenoxy) is 1. The first-order valence-electron chi connectivity index (χ1n) is 8.36. The number of hydrogen-bond donors (Lipinski definition) is 0. The van der Waals surface area contributed by atoms with Crippen LogP contribution in [0.2, 0.25) is 0 Å². The van der Waals surface area contributed by atoms with Crippen LogP contribution >= 0.6 is 0 Å². The number of carbonyl (C=O) groups is 1. The summed E-state index contributed by atoms with van der Waals surface area (Å²) in [6.45, 7) is 10.5. The Morgan fingerprint density at radius 3 is 2.12 bits per heavy atom. The molecular weight excluding hydrogens is 375 g/mol. The maximum atomic E-state index is 12.5. The van der Waals surface area contributed by atoms with Gasteiger partial charge < -0.3 is 8.92 Å². The van der Waals surface area contributed by atoms with Gasteiger partial charge in [-0.15, -0.1) is 0 Å². The van der Waals surface area contributed by atoms with E-state index >= 15 is 0 Å². The molecule has 0 bridgehead atoms. The molecule has 1 amide bonds. The second kappa shape index (κ2) is 7.28. The number of alkyl halides is 3. The molecule has 1 heterocycles. The van der Waals surface area contributed by atoms with Crippen molar-refractivity contribution in [1.29, 1.82) is 0 Å². The monoisotopic (exact) mass is 401 g/mol. The molecule has 2 aliphatic rings. The Morgan fingerprint density at radius 1 is 1.23 bits per heavy atom. The molecule has 1 atom stereocenters. The lowest BCUT2D eigenvalue weighted by Gasteiger charge is -2.31. The predicted molar refractivity (Wildman–Crippen MR) is 89.6 cm³/mol. The molecule has 1 aliphatic heterocycles. The second-order valence-electron chi connectivity index (χ2n) is 7.32. The van der Waals surface area contributed by atoms with Crippen molar-refractivity contribution in [2.45, 2.75) is 71.5 Å². The Bertz CT molecular complexity index is 660. The Balaban J connectivity index is 0.00000163. The average molecular weight is 401 g/mol. The molecule has 152 valence electrons. The van der Waals surface area contributed by atoms with Crippen molar-refractivity contribution in [3.63, 3.8) is 0 Å². The van der Waals surface area contributed by atoms with E-state index in [0.717, 1.165) is 12.8 Å². The summed E-state index contributed by atoms with van der Waals surface area (Å²) in [4.78, 5) is 13.5. The number of halogens is 3. The first-order chi connectivity index (χ1) is 11.6. The summed E-state index contributed by atoms with van der Waals surface area (Å²) in [7, 11) is -5.76. The highest BCUT2D eigenvalue weighted by atomic mass is 32.2. The molecule has 10 heteroatoms. The minimum absolute atomic E-state index is 0.315. The van der Waals surface area contributed by atoms with Crippen molar-refractivity contribution in [2.24, 2.45) is 5.41 Å². The molecule has 6 nitrogen and oxygen atoms in total. The van der Waals surface area contributed by atoms with Crippen molar-refractivity contribution in [3.05, 3.63) is 11.8 Å². The van der Waals surface area contributed by atoms with Crippen LogP contribution in [0.15, 0.2) is 11.8 Å². The zero-order chi connectivity index (χ0) is 20.6. The highest BCUT2D eigenvalue weighted by molar-refractivity contribution is 7.87. The standard InChI is InChI=1S/C14H20F3NO5S.C2H6/c1-12(2,3)22-11(19)18-8-9(7-10(18)13(4)5-6-13)23-24(20,21)14(15,16)17;1-2/h7,10H,5-6,8H2,1-4H3;1-2H3. The van der Waals surface area contributed by atoms with Gasteiger partial charge in [-0.3, -0.25) is 4.90 Å². The van der Waals surface area contributed by atoms with Gasteiger partial charge in [0.05, 0.1) is 12.6 Å². The summed E-state index contributed by atoms with van der Waals surface area (Å²) in [6.07, 6.45) is 2.08. The maximum Gasteiger partial charge on any atom is 0.534 e. The molecule has 0 N–H and O–H groups in total. The Labute approximate surface area is 152 Å². The molecule has 0 aromatic rings. The molecule has 1 saturated carbocycles. The van der Waals surface area contributed by atoms with Gasteiger partial charge in [-0.05, 0) is 45.1 Å². The van der Waals surface area contributed by atoms with Crippen molar-refractivity contribution < 1.29 is 35.3 Å². The van der Waals surface area contributed by atoms with Gasteiger partial charge in [-0.2, -0.15) is 21.6 Å². The summed E-state index contributed by atoms with van der Waals surface area (Å²) < 4.78 is 69.1. The SMILES string of the molecule is CC.CC(C)(C)OC(=O)N1CC(OS(=O)(=O)C(F)(F)F)=CC1C1(C)CC1. The second-order valence-corrected chi connectivity index (χ2v) is 8.86. The topological polar surface area (TPSA) is 72.9 Å². The van der Waals surface area contributed by atoms with E-state index in [1.54, 1.807) is 20.8 Å². The van der Waals surface area contributed by atoms with Gasteiger partial charge in [-0.25, -0.2) is 4.79 Å². The van der Waals surface area contributed by atoms with E-state index in [9.17, 15) is 26.4 Å². The van der Waals surface area contributed by atoms with E-state index in [0.29, 0.717) is 0 Å². The van der Waals surface area contributed by atoms with Crippen LogP contribution in [-0.4, -0.2) is 43.1 Å². The average Bonchev–Trinajstić information content (AvgIpc) is 3.06. The summed E-state index contributed by atoms with van der Waals surface area (Å²) in [5.74, 6) is -0.420. The highest BCUT2D eigenvalue weighted by Crippen LogP contribution is 2.52. The van der Waals surface area contributed by atoms with Crippen molar-refractivity contribution in [2.75, 3.05) is 6.54 Å². The van der Waals surface area contributed by atoms with Crippen LogP contribution in [0, 0.1) is 5.41 Å². The third-order valence-corrected chi connectivity index (χ3v) is 4.89. The molecule has 0 aromatic carbocycles. The highest BCUT2D eigenvalue weighted by Gasteiger charge is 2.53. The minimum atomic E-state index is -5.76. The molecule has 1 fully saturated rings. The van der Waals surface area contributed by atoms with E-state index in [1.807, 2.05) is 20.8 Å². The van der Waals surface area contributed by atoms with Crippen molar-refractivity contribution >= 4 is 16.2 Å². The Kier molecular flexibility index (Phi) is 6.33. The van der Waals surface area contributed by atoms with Gasteiger partial charge in [-0.1, -0.05) is 20.8 Å². The first kappa shape index (κ1) is 22.6. The number of nitrogens with zero attached hydrogens (tertiary/aromatic N) is 1. The van der Waals surface area contributed by atoms with Crippen LogP contribution in [0.4, 0.5) is 18.0 Å². The van der Waals surface area contributed by atoms with Gasteiger partial charge in [0.25, 0.3) is 0 Å². The molecule has 1 unspecified atom stereocenters. The summed E-state index contributed by atoms with van der Waals surface area (Å²) >= 11 is 0. The maximum absolute atomic E-state index is 12.5. The molecule has 0 saturated heterocycles. The largest absolute Gasteiger partial charge is 0.534 e. The first-order valence-corrected chi connectivity index (χ1v) is 9.77. The predicted octanol–water partition coefficient (Wildman–Crippen LogP) is 4.18.